The minimum Gasteiger partial charge on any atom is -0.379 e. The Kier molecular flexibility index (Phi) is 3.17. The van der Waals surface area contributed by atoms with E-state index in [1.54, 1.807) is 7.11 Å². The van der Waals surface area contributed by atoms with Crippen molar-refractivity contribution in [1.82, 2.24) is 5.32 Å². The van der Waals surface area contributed by atoms with Crippen LogP contribution in [0, 0.1) is 0 Å². The second-order valence-corrected chi connectivity index (χ2v) is 3.78. The highest BCUT2D eigenvalue weighted by Gasteiger charge is 2.25. The van der Waals surface area contributed by atoms with E-state index in [1.165, 1.54) is 12.0 Å². The van der Waals surface area contributed by atoms with Gasteiger partial charge in [-0.15, -0.1) is 0 Å². The summed E-state index contributed by atoms with van der Waals surface area (Å²) in [5, 5.41) is 3.36. The first-order valence-corrected chi connectivity index (χ1v) is 5.20. The van der Waals surface area contributed by atoms with E-state index in [4.69, 9.17) is 4.74 Å². The summed E-state index contributed by atoms with van der Waals surface area (Å²) in [6.45, 7) is 2.06. The lowest BCUT2D eigenvalue weighted by Crippen LogP contribution is -2.40. The Morgan fingerprint density at radius 3 is 2.79 bits per heavy atom. The quantitative estimate of drug-likeness (QED) is 0.769. The average Bonchev–Trinajstić information content (AvgIpc) is 2.30. The number of ether oxygens (including phenoxy) is 1. The van der Waals surface area contributed by atoms with Gasteiger partial charge in [0.05, 0.1) is 6.10 Å². The van der Waals surface area contributed by atoms with Gasteiger partial charge in [0.25, 0.3) is 0 Å². The van der Waals surface area contributed by atoms with Gasteiger partial charge in [-0.05, 0) is 18.5 Å². The number of methoxy groups -OCH3 is 1. The van der Waals surface area contributed by atoms with Gasteiger partial charge in [-0.3, -0.25) is 0 Å². The highest BCUT2D eigenvalue weighted by Crippen LogP contribution is 2.26. The zero-order valence-electron chi connectivity index (χ0n) is 8.57. The maximum absolute atomic E-state index is 5.50. The Hall–Kier alpha value is -0.860. The van der Waals surface area contributed by atoms with Gasteiger partial charge in [-0.2, -0.15) is 0 Å². The van der Waals surface area contributed by atoms with Crippen molar-refractivity contribution in [3.05, 3.63) is 35.9 Å². The van der Waals surface area contributed by atoms with Gasteiger partial charge in [0, 0.05) is 19.6 Å². The molecular formula is C12H17NO. The molecule has 0 amide bonds. The summed E-state index contributed by atoms with van der Waals surface area (Å²) >= 11 is 0. The van der Waals surface area contributed by atoms with Crippen LogP contribution in [0.25, 0.3) is 0 Å². The van der Waals surface area contributed by atoms with Gasteiger partial charge in [0.1, 0.15) is 0 Å². The third kappa shape index (κ3) is 1.97. The molecule has 0 spiro atoms. The van der Waals surface area contributed by atoms with Crippen LogP contribution in [0.1, 0.15) is 17.9 Å². The third-order valence-electron chi connectivity index (χ3n) is 2.96. The first-order valence-electron chi connectivity index (χ1n) is 5.20. The van der Waals surface area contributed by atoms with Crippen molar-refractivity contribution in [3.63, 3.8) is 0 Å². The van der Waals surface area contributed by atoms with Crippen molar-refractivity contribution in [2.75, 3.05) is 20.2 Å². The van der Waals surface area contributed by atoms with Crippen LogP contribution in [0.15, 0.2) is 30.3 Å². The SMILES string of the molecule is COC1CNCC[C@H]1c1ccccc1. The van der Waals surface area contributed by atoms with Crippen LogP contribution >= 0.6 is 0 Å². The van der Waals surface area contributed by atoms with E-state index >= 15 is 0 Å². The second kappa shape index (κ2) is 4.58. The topological polar surface area (TPSA) is 21.3 Å². The van der Waals surface area contributed by atoms with Gasteiger partial charge < -0.3 is 10.1 Å². The van der Waals surface area contributed by atoms with Crippen LogP contribution in [0.4, 0.5) is 0 Å². The average molecular weight is 191 g/mol. The van der Waals surface area contributed by atoms with Crippen molar-refractivity contribution in [1.29, 1.82) is 0 Å². The lowest BCUT2D eigenvalue weighted by Gasteiger charge is -2.31. The number of piperidine rings is 1. The van der Waals surface area contributed by atoms with Gasteiger partial charge >= 0.3 is 0 Å². The minimum absolute atomic E-state index is 0.325. The fraction of sp³-hybridized carbons (Fsp3) is 0.500. The molecular weight excluding hydrogens is 174 g/mol. The van der Waals surface area contributed by atoms with Crippen LogP contribution in [0.2, 0.25) is 0 Å². The van der Waals surface area contributed by atoms with Crippen molar-refractivity contribution < 1.29 is 4.74 Å². The first kappa shape index (κ1) is 9.69. The molecule has 1 heterocycles. The van der Waals surface area contributed by atoms with Crippen molar-refractivity contribution in [2.24, 2.45) is 0 Å². The highest BCUT2D eigenvalue weighted by atomic mass is 16.5. The van der Waals surface area contributed by atoms with E-state index in [9.17, 15) is 0 Å². The first-order chi connectivity index (χ1) is 6.92. The standard InChI is InChI=1S/C12H17NO/c1-14-12-9-13-8-7-11(12)10-5-3-2-4-6-10/h2-6,11-13H,7-9H2,1H3/t11-,12?/m0/s1. The molecule has 1 aliphatic heterocycles. The summed E-state index contributed by atoms with van der Waals surface area (Å²) in [6, 6.07) is 10.7. The zero-order chi connectivity index (χ0) is 9.80. The summed E-state index contributed by atoms with van der Waals surface area (Å²) in [6.07, 6.45) is 1.49. The molecule has 76 valence electrons. The molecule has 0 bridgehead atoms. The van der Waals surface area contributed by atoms with Crippen molar-refractivity contribution in [3.8, 4) is 0 Å². The molecule has 0 aromatic heterocycles. The normalized spacial score (nSPS) is 27.5. The lowest BCUT2D eigenvalue weighted by molar-refractivity contribution is 0.0625. The fourth-order valence-electron chi connectivity index (χ4n) is 2.16. The van der Waals surface area contributed by atoms with Crippen LogP contribution < -0.4 is 5.32 Å². The molecule has 0 saturated carbocycles. The predicted octanol–water partition coefficient (Wildman–Crippen LogP) is 1.78. The van der Waals surface area contributed by atoms with Crippen LogP contribution in [0.5, 0.6) is 0 Å². The minimum atomic E-state index is 0.325. The Morgan fingerprint density at radius 2 is 2.07 bits per heavy atom. The summed E-state index contributed by atoms with van der Waals surface area (Å²) in [4.78, 5) is 0. The molecule has 2 rings (SSSR count). The van der Waals surface area contributed by atoms with Crippen LogP contribution in [0.3, 0.4) is 0 Å². The molecule has 0 radical (unpaired) electrons. The number of rotatable bonds is 2. The Bertz CT molecular complexity index is 273. The molecule has 2 heteroatoms. The summed E-state index contributed by atoms with van der Waals surface area (Å²) < 4.78 is 5.50. The lowest BCUT2D eigenvalue weighted by atomic mass is 9.88. The molecule has 1 N–H and O–H groups in total. The predicted molar refractivity (Wildman–Crippen MR) is 57.5 cm³/mol. The van der Waals surface area contributed by atoms with E-state index in [0.29, 0.717) is 12.0 Å². The molecule has 2 atom stereocenters. The van der Waals surface area contributed by atoms with Gasteiger partial charge in [0.15, 0.2) is 0 Å². The Balaban J connectivity index is 2.15. The van der Waals surface area contributed by atoms with E-state index < -0.39 is 0 Å². The van der Waals surface area contributed by atoms with E-state index in [0.717, 1.165) is 13.1 Å². The molecule has 1 aromatic rings. The fourth-order valence-corrected chi connectivity index (χ4v) is 2.16. The molecule has 1 aliphatic rings. The summed E-state index contributed by atoms with van der Waals surface area (Å²) in [5.41, 5.74) is 1.40. The van der Waals surface area contributed by atoms with Crippen LogP contribution in [-0.2, 0) is 4.74 Å². The smallest absolute Gasteiger partial charge is 0.0764 e. The number of hydrogen-bond acceptors (Lipinski definition) is 2. The van der Waals surface area contributed by atoms with Crippen molar-refractivity contribution in [2.45, 2.75) is 18.4 Å². The van der Waals surface area contributed by atoms with Crippen molar-refractivity contribution >= 4 is 0 Å². The molecule has 1 saturated heterocycles. The number of benzene rings is 1. The molecule has 1 aromatic carbocycles. The van der Waals surface area contributed by atoms with Gasteiger partial charge in [0.2, 0.25) is 0 Å². The van der Waals surface area contributed by atoms with Crippen LogP contribution in [-0.4, -0.2) is 26.3 Å². The Labute approximate surface area is 85.3 Å². The van der Waals surface area contributed by atoms with E-state index in [1.807, 2.05) is 0 Å². The number of nitrogens with one attached hydrogen (secondary N) is 1. The molecule has 0 aliphatic carbocycles. The largest absolute Gasteiger partial charge is 0.379 e. The molecule has 1 fully saturated rings. The second-order valence-electron chi connectivity index (χ2n) is 3.78. The highest BCUT2D eigenvalue weighted by molar-refractivity contribution is 5.21. The zero-order valence-corrected chi connectivity index (χ0v) is 8.57. The molecule has 1 unspecified atom stereocenters. The van der Waals surface area contributed by atoms with Gasteiger partial charge in [-0.1, -0.05) is 30.3 Å². The molecule has 14 heavy (non-hydrogen) atoms. The maximum atomic E-state index is 5.50. The summed E-state index contributed by atoms with van der Waals surface area (Å²) in [7, 11) is 1.80. The van der Waals surface area contributed by atoms with E-state index in [2.05, 4.69) is 35.6 Å². The van der Waals surface area contributed by atoms with Gasteiger partial charge in [-0.25, -0.2) is 0 Å². The molecule has 2 nitrogen and oxygen atoms in total. The van der Waals surface area contributed by atoms with E-state index in [-0.39, 0.29) is 0 Å². The maximum Gasteiger partial charge on any atom is 0.0764 e. The Morgan fingerprint density at radius 1 is 1.29 bits per heavy atom. The number of hydrogen-bond donors (Lipinski definition) is 1. The third-order valence-corrected chi connectivity index (χ3v) is 2.96. The monoisotopic (exact) mass is 191 g/mol. The summed E-state index contributed by atoms with van der Waals surface area (Å²) in [5.74, 6) is 0.558.